The van der Waals surface area contributed by atoms with Gasteiger partial charge < -0.3 is 10.6 Å². The lowest BCUT2D eigenvalue weighted by Crippen LogP contribution is -2.40. The summed E-state index contributed by atoms with van der Waals surface area (Å²) in [5.74, 6) is -1.04. The van der Waals surface area contributed by atoms with E-state index in [0.717, 1.165) is 25.3 Å². The van der Waals surface area contributed by atoms with E-state index in [0.29, 0.717) is 13.1 Å². The van der Waals surface area contributed by atoms with Crippen LogP contribution in [0.15, 0.2) is 6.07 Å². The van der Waals surface area contributed by atoms with Gasteiger partial charge in [0.05, 0.1) is 0 Å². The van der Waals surface area contributed by atoms with Gasteiger partial charge in [-0.1, -0.05) is 13.3 Å². The van der Waals surface area contributed by atoms with Gasteiger partial charge in [0, 0.05) is 23.9 Å². The molecule has 0 atom stereocenters. The lowest BCUT2D eigenvalue weighted by molar-refractivity contribution is 0.379. The molecule has 0 radical (unpaired) electrons. The standard InChI is InChI=1S/C14H21F2N3S/c1-3-7-17-12-10(15)8-11(16)13(19-12)18-9-14(20-2)5-4-6-14/h8H,3-7,9H2,1-2H3,(H2,17,18,19). The Morgan fingerprint density at radius 3 is 2.40 bits per heavy atom. The van der Waals surface area contributed by atoms with Crippen molar-refractivity contribution in [2.75, 3.05) is 30.0 Å². The van der Waals surface area contributed by atoms with Crippen LogP contribution in [0.3, 0.4) is 0 Å². The Bertz CT molecular complexity index is 458. The van der Waals surface area contributed by atoms with Crippen LogP contribution in [0.1, 0.15) is 32.6 Å². The maximum absolute atomic E-state index is 13.8. The number of nitrogens with one attached hydrogen (secondary N) is 2. The molecular weight excluding hydrogens is 280 g/mol. The Labute approximate surface area is 122 Å². The van der Waals surface area contributed by atoms with Crippen molar-refractivity contribution < 1.29 is 8.78 Å². The van der Waals surface area contributed by atoms with Gasteiger partial charge in [-0.25, -0.2) is 13.8 Å². The molecule has 1 fully saturated rings. The van der Waals surface area contributed by atoms with E-state index in [2.05, 4.69) is 21.9 Å². The number of hydrogen-bond acceptors (Lipinski definition) is 4. The van der Waals surface area contributed by atoms with Gasteiger partial charge in [0.15, 0.2) is 23.3 Å². The fourth-order valence-corrected chi connectivity index (χ4v) is 3.14. The van der Waals surface area contributed by atoms with E-state index >= 15 is 0 Å². The third-order valence-corrected chi connectivity index (χ3v) is 5.17. The Hall–Kier alpha value is -1.04. The summed E-state index contributed by atoms with van der Waals surface area (Å²) in [7, 11) is 0. The highest BCUT2D eigenvalue weighted by molar-refractivity contribution is 8.00. The smallest absolute Gasteiger partial charge is 0.168 e. The molecule has 0 amide bonds. The lowest BCUT2D eigenvalue weighted by Gasteiger charge is -2.40. The van der Waals surface area contributed by atoms with Crippen molar-refractivity contribution in [2.45, 2.75) is 37.4 Å². The van der Waals surface area contributed by atoms with Gasteiger partial charge in [0.25, 0.3) is 0 Å². The molecule has 2 rings (SSSR count). The number of rotatable bonds is 7. The number of hydrogen-bond donors (Lipinski definition) is 2. The Kier molecular flexibility index (Phi) is 5.07. The first-order valence-electron chi connectivity index (χ1n) is 6.99. The van der Waals surface area contributed by atoms with Gasteiger partial charge in [-0.3, -0.25) is 0 Å². The first-order chi connectivity index (χ1) is 9.60. The quantitative estimate of drug-likeness (QED) is 0.801. The highest BCUT2D eigenvalue weighted by Gasteiger charge is 2.36. The molecule has 0 saturated heterocycles. The first-order valence-corrected chi connectivity index (χ1v) is 8.21. The highest BCUT2D eigenvalue weighted by atomic mass is 32.2. The topological polar surface area (TPSA) is 37.0 Å². The maximum Gasteiger partial charge on any atom is 0.168 e. The summed E-state index contributed by atoms with van der Waals surface area (Å²) in [4.78, 5) is 4.02. The molecule has 0 aliphatic heterocycles. The van der Waals surface area contributed by atoms with Crippen LogP contribution in [0.4, 0.5) is 20.4 Å². The minimum atomic E-state index is -0.648. The van der Waals surface area contributed by atoms with Crippen LogP contribution in [-0.2, 0) is 0 Å². The zero-order valence-electron chi connectivity index (χ0n) is 11.9. The molecule has 1 saturated carbocycles. The third-order valence-electron chi connectivity index (χ3n) is 3.75. The molecule has 0 bridgehead atoms. The predicted molar refractivity (Wildman–Crippen MR) is 81.5 cm³/mol. The van der Waals surface area contributed by atoms with Crippen molar-refractivity contribution in [1.29, 1.82) is 0 Å². The van der Waals surface area contributed by atoms with Crippen molar-refractivity contribution in [3.05, 3.63) is 17.7 Å². The van der Waals surface area contributed by atoms with Crippen molar-refractivity contribution in [2.24, 2.45) is 0 Å². The summed E-state index contributed by atoms with van der Waals surface area (Å²) in [5.41, 5.74) is 0. The molecule has 1 aromatic heterocycles. The normalized spacial score (nSPS) is 16.6. The molecule has 1 aliphatic carbocycles. The molecule has 112 valence electrons. The van der Waals surface area contributed by atoms with Gasteiger partial charge in [-0.05, 0) is 25.5 Å². The van der Waals surface area contributed by atoms with Crippen LogP contribution >= 0.6 is 11.8 Å². The predicted octanol–water partition coefficient (Wildman–Crippen LogP) is 3.88. The van der Waals surface area contributed by atoms with Crippen molar-refractivity contribution in [3.8, 4) is 0 Å². The maximum atomic E-state index is 13.8. The average Bonchev–Trinajstić information content (AvgIpc) is 2.39. The summed E-state index contributed by atoms with van der Waals surface area (Å²) in [6.45, 7) is 3.26. The SMILES string of the molecule is CCCNc1nc(NCC2(SC)CCC2)c(F)cc1F. The molecule has 3 nitrogen and oxygen atoms in total. The molecule has 1 aliphatic rings. The monoisotopic (exact) mass is 301 g/mol. The number of halogens is 2. The fourth-order valence-electron chi connectivity index (χ4n) is 2.23. The van der Waals surface area contributed by atoms with E-state index < -0.39 is 11.6 Å². The largest absolute Gasteiger partial charge is 0.368 e. The summed E-state index contributed by atoms with van der Waals surface area (Å²) in [5, 5.41) is 5.91. The van der Waals surface area contributed by atoms with Gasteiger partial charge >= 0.3 is 0 Å². The van der Waals surface area contributed by atoms with Crippen molar-refractivity contribution in [3.63, 3.8) is 0 Å². The zero-order chi connectivity index (χ0) is 14.6. The minimum Gasteiger partial charge on any atom is -0.368 e. The minimum absolute atomic E-state index is 0.113. The van der Waals surface area contributed by atoms with Crippen LogP contribution in [0.5, 0.6) is 0 Å². The second-order valence-corrected chi connectivity index (χ2v) is 6.44. The number of nitrogens with zero attached hydrogens (tertiary/aromatic N) is 1. The van der Waals surface area contributed by atoms with E-state index in [-0.39, 0.29) is 16.4 Å². The summed E-state index contributed by atoms with van der Waals surface area (Å²) < 4.78 is 27.5. The number of aromatic nitrogens is 1. The summed E-state index contributed by atoms with van der Waals surface area (Å²) >= 11 is 1.80. The van der Waals surface area contributed by atoms with Crippen LogP contribution in [0.25, 0.3) is 0 Å². The number of anilines is 2. The molecule has 2 N–H and O–H groups in total. The van der Waals surface area contributed by atoms with E-state index in [9.17, 15) is 8.78 Å². The third kappa shape index (κ3) is 3.34. The Morgan fingerprint density at radius 2 is 1.90 bits per heavy atom. The van der Waals surface area contributed by atoms with Crippen molar-refractivity contribution in [1.82, 2.24) is 4.98 Å². The zero-order valence-corrected chi connectivity index (χ0v) is 12.7. The van der Waals surface area contributed by atoms with Crippen molar-refractivity contribution >= 4 is 23.4 Å². The van der Waals surface area contributed by atoms with Gasteiger partial charge in [0.2, 0.25) is 0 Å². The molecule has 0 spiro atoms. The molecule has 1 heterocycles. The van der Waals surface area contributed by atoms with E-state index in [4.69, 9.17) is 0 Å². The average molecular weight is 301 g/mol. The second-order valence-electron chi connectivity index (χ2n) is 5.17. The van der Waals surface area contributed by atoms with Gasteiger partial charge in [-0.2, -0.15) is 11.8 Å². The lowest BCUT2D eigenvalue weighted by atomic mass is 9.84. The summed E-state index contributed by atoms with van der Waals surface area (Å²) in [6, 6.07) is 0.889. The first kappa shape index (κ1) is 15.4. The fraction of sp³-hybridized carbons (Fsp3) is 0.643. The van der Waals surface area contributed by atoms with E-state index in [1.165, 1.54) is 6.42 Å². The number of pyridine rings is 1. The highest BCUT2D eigenvalue weighted by Crippen LogP contribution is 2.42. The number of thioether (sulfide) groups is 1. The molecule has 0 aromatic carbocycles. The molecule has 1 aromatic rings. The van der Waals surface area contributed by atoms with E-state index in [1.807, 2.05) is 6.92 Å². The molecular formula is C14H21F2N3S. The second kappa shape index (κ2) is 6.61. The van der Waals surface area contributed by atoms with Crippen LogP contribution in [-0.4, -0.2) is 29.1 Å². The summed E-state index contributed by atoms with van der Waals surface area (Å²) in [6.07, 6.45) is 6.40. The van der Waals surface area contributed by atoms with Crippen LogP contribution < -0.4 is 10.6 Å². The van der Waals surface area contributed by atoms with E-state index in [1.54, 1.807) is 11.8 Å². The van der Waals surface area contributed by atoms with Gasteiger partial charge in [0.1, 0.15) is 0 Å². The molecule has 6 heteroatoms. The van der Waals surface area contributed by atoms with Gasteiger partial charge in [-0.15, -0.1) is 0 Å². The molecule has 0 unspecified atom stereocenters. The Morgan fingerprint density at radius 1 is 1.25 bits per heavy atom. The van der Waals surface area contributed by atoms with Crippen LogP contribution in [0.2, 0.25) is 0 Å². The molecule has 20 heavy (non-hydrogen) atoms. The van der Waals surface area contributed by atoms with Crippen LogP contribution in [0, 0.1) is 11.6 Å². The Balaban J connectivity index is 2.06.